The van der Waals surface area contributed by atoms with Crippen molar-refractivity contribution in [2.24, 2.45) is 0 Å². The third-order valence-electron chi connectivity index (χ3n) is 4.91. The fraction of sp³-hybridized carbons (Fsp3) is 0.318. The monoisotopic (exact) mass is 376 g/mol. The van der Waals surface area contributed by atoms with Crippen LogP contribution in [0.2, 0.25) is 0 Å². The van der Waals surface area contributed by atoms with E-state index in [1.165, 1.54) is 4.68 Å². The zero-order chi connectivity index (χ0) is 19.5. The van der Waals surface area contributed by atoms with Gasteiger partial charge in [0, 0.05) is 12.5 Å². The summed E-state index contributed by atoms with van der Waals surface area (Å²) >= 11 is 0. The molecule has 1 aromatic heterocycles. The Kier molecular flexibility index (Phi) is 5.10. The maximum atomic E-state index is 12.9. The number of nitrogens with zero attached hydrogens (tertiary/aromatic N) is 3. The van der Waals surface area contributed by atoms with E-state index in [1.807, 2.05) is 61.5 Å². The molecule has 1 aliphatic rings. The molecule has 1 heterocycles. The van der Waals surface area contributed by atoms with Crippen molar-refractivity contribution < 1.29 is 4.79 Å². The number of aryl methyl sites for hydroxylation is 1. The van der Waals surface area contributed by atoms with Crippen LogP contribution in [0.25, 0.3) is 5.69 Å². The lowest BCUT2D eigenvalue weighted by Crippen LogP contribution is -2.32. The molecule has 1 saturated carbocycles. The minimum Gasteiger partial charge on any atom is -0.354 e. The number of nitrogens with one attached hydrogen (secondary N) is 1. The Bertz CT molecular complexity index is 1030. The summed E-state index contributed by atoms with van der Waals surface area (Å²) < 4.78 is 3.17. The van der Waals surface area contributed by atoms with Gasteiger partial charge in [-0.2, -0.15) is 5.10 Å². The molecule has 0 unspecified atom stereocenters. The Morgan fingerprint density at radius 2 is 1.93 bits per heavy atom. The summed E-state index contributed by atoms with van der Waals surface area (Å²) in [7, 11) is 0. The van der Waals surface area contributed by atoms with E-state index in [-0.39, 0.29) is 11.6 Å². The van der Waals surface area contributed by atoms with E-state index >= 15 is 0 Å². The first kappa shape index (κ1) is 18.2. The van der Waals surface area contributed by atoms with E-state index in [0.29, 0.717) is 25.4 Å². The van der Waals surface area contributed by atoms with Crippen molar-refractivity contribution in [2.75, 3.05) is 6.54 Å². The molecule has 3 aromatic rings. The summed E-state index contributed by atoms with van der Waals surface area (Å²) in [6.45, 7) is 2.74. The van der Waals surface area contributed by atoms with Crippen LogP contribution in [0, 0.1) is 6.92 Å². The zero-order valence-corrected chi connectivity index (χ0v) is 16.0. The molecule has 0 aliphatic heterocycles. The number of para-hydroxylation sites is 1. The van der Waals surface area contributed by atoms with Crippen molar-refractivity contribution >= 4 is 5.91 Å². The predicted octanol–water partition coefficient (Wildman–Crippen LogP) is 2.58. The number of carbonyl (C=O) groups excluding carboxylic acids is 1. The Morgan fingerprint density at radius 3 is 2.64 bits per heavy atom. The molecular formula is C22H24N4O2. The van der Waals surface area contributed by atoms with Crippen LogP contribution in [-0.2, 0) is 17.8 Å². The van der Waals surface area contributed by atoms with Gasteiger partial charge in [0.1, 0.15) is 5.82 Å². The highest BCUT2D eigenvalue weighted by Crippen LogP contribution is 2.39. The summed E-state index contributed by atoms with van der Waals surface area (Å²) in [5.41, 5.74) is 2.81. The van der Waals surface area contributed by atoms with Crippen LogP contribution in [0.3, 0.4) is 0 Å². The molecule has 1 fully saturated rings. The van der Waals surface area contributed by atoms with Gasteiger partial charge in [0.15, 0.2) is 0 Å². The highest BCUT2D eigenvalue weighted by Gasteiger charge is 2.31. The van der Waals surface area contributed by atoms with Crippen LogP contribution in [-0.4, -0.2) is 26.8 Å². The summed E-state index contributed by atoms with van der Waals surface area (Å²) in [4.78, 5) is 25.1. The number of hydrogen-bond acceptors (Lipinski definition) is 3. The predicted molar refractivity (Wildman–Crippen MR) is 108 cm³/mol. The van der Waals surface area contributed by atoms with Gasteiger partial charge in [-0.1, -0.05) is 48.0 Å². The third kappa shape index (κ3) is 4.06. The van der Waals surface area contributed by atoms with Crippen molar-refractivity contribution in [3.05, 3.63) is 82.0 Å². The Labute approximate surface area is 163 Å². The number of aromatic nitrogens is 3. The second-order valence-corrected chi connectivity index (χ2v) is 7.32. The van der Waals surface area contributed by atoms with Crippen molar-refractivity contribution in [1.29, 1.82) is 0 Å². The standard InChI is InChI=1S/C22H24N4O2/c1-16-6-5-7-17(14-16)15-20(27)23-12-13-25-22(28)26(19-8-3-2-4-9-19)21(24-25)18-10-11-18/h2-9,14,18H,10-13,15H2,1H3,(H,23,27). The van der Waals surface area contributed by atoms with Crippen LogP contribution in [0.15, 0.2) is 59.4 Å². The maximum Gasteiger partial charge on any atom is 0.350 e. The topological polar surface area (TPSA) is 68.9 Å². The lowest BCUT2D eigenvalue weighted by molar-refractivity contribution is -0.120. The second kappa shape index (κ2) is 7.84. The molecule has 4 rings (SSSR count). The zero-order valence-electron chi connectivity index (χ0n) is 16.0. The van der Waals surface area contributed by atoms with E-state index in [4.69, 9.17) is 0 Å². The molecule has 0 bridgehead atoms. The van der Waals surface area contributed by atoms with E-state index in [1.54, 1.807) is 4.57 Å². The summed E-state index contributed by atoms with van der Waals surface area (Å²) in [5.74, 6) is 1.12. The Balaban J connectivity index is 1.43. The molecule has 1 N–H and O–H groups in total. The molecule has 1 aliphatic carbocycles. The van der Waals surface area contributed by atoms with Gasteiger partial charge in [0.2, 0.25) is 5.91 Å². The number of benzene rings is 2. The van der Waals surface area contributed by atoms with Gasteiger partial charge in [-0.15, -0.1) is 0 Å². The minimum absolute atomic E-state index is 0.0523. The molecule has 1 amide bonds. The number of amides is 1. The fourth-order valence-electron chi connectivity index (χ4n) is 3.37. The largest absolute Gasteiger partial charge is 0.354 e. The quantitative estimate of drug-likeness (QED) is 0.689. The molecule has 0 radical (unpaired) electrons. The first-order valence-electron chi connectivity index (χ1n) is 9.69. The van der Waals surface area contributed by atoms with E-state index in [9.17, 15) is 9.59 Å². The van der Waals surface area contributed by atoms with Crippen molar-refractivity contribution in [3.63, 3.8) is 0 Å². The molecule has 6 nitrogen and oxygen atoms in total. The van der Waals surface area contributed by atoms with Crippen molar-refractivity contribution in [2.45, 2.75) is 38.6 Å². The van der Waals surface area contributed by atoms with Crippen LogP contribution in [0.5, 0.6) is 0 Å². The van der Waals surface area contributed by atoms with E-state index in [2.05, 4.69) is 10.4 Å². The molecular weight excluding hydrogens is 352 g/mol. The third-order valence-corrected chi connectivity index (χ3v) is 4.91. The highest BCUT2D eigenvalue weighted by molar-refractivity contribution is 5.78. The number of carbonyl (C=O) groups is 1. The second-order valence-electron chi connectivity index (χ2n) is 7.32. The Hall–Kier alpha value is -3.15. The number of hydrogen-bond donors (Lipinski definition) is 1. The molecule has 2 aromatic carbocycles. The van der Waals surface area contributed by atoms with Crippen LogP contribution >= 0.6 is 0 Å². The van der Waals surface area contributed by atoms with E-state index in [0.717, 1.165) is 35.5 Å². The first-order valence-corrected chi connectivity index (χ1v) is 9.69. The molecule has 0 saturated heterocycles. The Morgan fingerprint density at radius 1 is 1.14 bits per heavy atom. The molecule has 0 spiro atoms. The van der Waals surface area contributed by atoms with Gasteiger partial charge < -0.3 is 5.32 Å². The summed E-state index contributed by atoms with van der Waals surface area (Å²) in [6.07, 6.45) is 2.47. The van der Waals surface area contributed by atoms with Crippen molar-refractivity contribution in [1.82, 2.24) is 19.7 Å². The van der Waals surface area contributed by atoms with Gasteiger partial charge in [-0.3, -0.25) is 4.79 Å². The van der Waals surface area contributed by atoms with Gasteiger partial charge in [0.25, 0.3) is 0 Å². The van der Waals surface area contributed by atoms with Crippen LogP contribution in [0.1, 0.15) is 35.7 Å². The number of rotatable bonds is 7. The fourth-order valence-corrected chi connectivity index (χ4v) is 3.37. The molecule has 6 heteroatoms. The highest BCUT2D eigenvalue weighted by atomic mass is 16.2. The van der Waals surface area contributed by atoms with E-state index < -0.39 is 0 Å². The minimum atomic E-state index is -0.152. The lowest BCUT2D eigenvalue weighted by Gasteiger charge is -2.06. The lowest BCUT2D eigenvalue weighted by atomic mass is 10.1. The van der Waals surface area contributed by atoms with Gasteiger partial charge in [-0.05, 0) is 37.5 Å². The van der Waals surface area contributed by atoms with Crippen LogP contribution in [0.4, 0.5) is 0 Å². The van der Waals surface area contributed by atoms with Gasteiger partial charge in [-0.25, -0.2) is 14.0 Å². The normalized spacial score (nSPS) is 13.5. The first-order chi connectivity index (χ1) is 13.6. The summed E-state index contributed by atoms with van der Waals surface area (Å²) in [5, 5.41) is 7.45. The maximum absolute atomic E-state index is 12.9. The molecule has 0 atom stereocenters. The van der Waals surface area contributed by atoms with Crippen LogP contribution < -0.4 is 11.0 Å². The summed E-state index contributed by atoms with van der Waals surface area (Å²) in [6, 6.07) is 17.5. The molecule has 144 valence electrons. The average molecular weight is 376 g/mol. The van der Waals surface area contributed by atoms with Gasteiger partial charge >= 0.3 is 5.69 Å². The van der Waals surface area contributed by atoms with Gasteiger partial charge in [0.05, 0.1) is 18.7 Å². The smallest absolute Gasteiger partial charge is 0.350 e. The molecule has 28 heavy (non-hydrogen) atoms. The SMILES string of the molecule is Cc1cccc(CC(=O)NCCn2nc(C3CC3)n(-c3ccccc3)c2=O)c1. The van der Waals surface area contributed by atoms with Crippen molar-refractivity contribution in [3.8, 4) is 5.69 Å². The average Bonchev–Trinajstić information content (AvgIpc) is 3.47.